The molecule has 0 saturated heterocycles. The van der Waals surface area contributed by atoms with Crippen molar-refractivity contribution in [2.24, 2.45) is 5.92 Å². The van der Waals surface area contributed by atoms with Crippen molar-refractivity contribution in [3.05, 3.63) is 0 Å². The number of amides is 2. The fraction of sp³-hybridized carbons (Fsp3) is 0.846. The fourth-order valence-electron chi connectivity index (χ4n) is 1.50. The van der Waals surface area contributed by atoms with E-state index in [1.54, 1.807) is 6.92 Å². The van der Waals surface area contributed by atoms with Crippen LogP contribution in [0.15, 0.2) is 0 Å². The van der Waals surface area contributed by atoms with Crippen LogP contribution in [0.3, 0.4) is 0 Å². The monoisotopic (exact) mass is 274 g/mol. The lowest BCUT2D eigenvalue weighted by Crippen LogP contribution is -2.49. The Morgan fingerprint density at radius 1 is 1.26 bits per heavy atom. The Kier molecular flexibility index (Phi) is 9.88. The van der Waals surface area contributed by atoms with E-state index in [9.17, 15) is 9.59 Å². The van der Waals surface area contributed by atoms with Gasteiger partial charge in [0, 0.05) is 19.8 Å². The highest BCUT2D eigenvalue weighted by molar-refractivity contribution is 5.82. The lowest BCUT2D eigenvalue weighted by molar-refractivity contribution is -0.140. The maximum atomic E-state index is 11.5. The van der Waals surface area contributed by atoms with Crippen LogP contribution in [0, 0.1) is 5.92 Å². The molecule has 0 aromatic heterocycles. The first-order valence-electron chi connectivity index (χ1n) is 6.87. The summed E-state index contributed by atoms with van der Waals surface area (Å²) in [6.07, 6.45) is 2.39. The van der Waals surface area contributed by atoms with Crippen molar-refractivity contribution in [2.45, 2.75) is 46.1 Å². The normalized spacial score (nSPS) is 13.6. The van der Waals surface area contributed by atoms with E-state index in [4.69, 9.17) is 9.84 Å². The summed E-state index contributed by atoms with van der Waals surface area (Å²) in [4.78, 5) is 22.6. The molecule has 0 aliphatic carbocycles. The van der Waals surface area contributed by atoms with Crippen LogP contribution in [0.5, 0.6) is 0 Å². The predicted octanol–water partition coefficient (Wildman–Crippen LogP) is 1.60. The molecule has 0 heterocycles. The summed E-state index contributed by atoms with van der Waals surface area (Å²) in [6.45, 7) is 7.53. The van der Waals surface area contributed by atoms with E-state index in [-0.39, 0.29) is 5.92 Å². The van der Waals surface area contributed by atoms with E-state index in [1.165, 1.54) is 0 Å². The standard InChI is InChI=1S/C13H26N2O4/c1-4-8-19-9-6-7-14-13(18)15-11(12(16)17)10(3)5-2/h10-11H,4-9H2,1-3H3,(H,16,17)(H2,14,15,18)/t10?,11-/m0/s1. The first-order chi connectivity index (χ1) is 9.02. The molecule has 6 heteroatoms. The lowest BCUT2D eigenvalue weighted by atomic mass is 9.99. The van der Waals surface area contributed by atoms with E-state index in [0.717, 1.165) is 13.0 Å². The van der Waals surface area contributed by atoms with Crippen LogP contribution < -0.4 is 10.6 Å². The zero-order valence-corrected chi connectivity index (χ0v) is 12.1. The second kappa shape index (κ2) is 10.6. The Hall–Kier alpha value is -1.30. The topological polar surface area (TPSA) is 87.7 Å². The third kappa shape index (κ3) is 8.42. The average Bonchev–Trinajstić information content (AvgIpc) is 2.38. The Morgan fingerprint density at radius 2 is 1.95 bits per heavy atom. The smallest absolute Gasteiger partial charge is 0.326 e. The number of carboxylic acid groups (broad SMARTS) is 1. The highest BCUT2D eigenvalue weighted by Gasteiger charge is 2.24. The summed E-state index contributed by atoms with van der Waals surface area (Å²) in [5.41, 5.74) is 0. The van der Waals surface area contributed by atoms with E-state index >= 15 is 0 Å². The number of urea groups is 1. The number of carbonyl (C=O) groups is 2. The number of carbonyl (C=O) groups excluding carboxylic acids is 1. The molecule has 0 saturated carbocycles. The molecule has 1 unspecified atom stereocenters. The average molecular weight is 274 g/mol. The molecule has 0 aromatic rings. The SMILES string of the molecule is CCCOCCCNC(=O)N[C@H](C(=O)O)C(C)CC. The van der Waals surface area contributed by atoms with Gasteiger partial charge < -0.3 is 20.5 Å². The van der Waals surface area contributed by atoms with Crippen molar-refractivity contribution in [3.8, 4) is 0 Å². The van der Waals surface area contributed by atoms with E-state index in [0.29, 0.717) is 26.0 Å². The van der Waals surface area contributed by atoms with Gasteiger partial charge in [0.25, 0.3) is 0 Å². The number of ether oxygens (including phenoxy) is 1. The van der Waals surface area contributed by atoms with Gasteiger partial charge in [0.05, 0.1) is 0 Å². The second-order valence-electron chi connectivity index (χ2n) is 4.57. The molecule has 2 amide bonds. The van der Waals surface area contributed by atoms with Gasteiger partial charge in [-0.1, -0.05) is 27.2 Å². The molecule has 19 heavy (non-hydrogen) atoms. The molecule has 6 nitrogen and oxygen atoms in total. The van der Waals surface area contributed by atoms with E-state index < -0.39 is 18.0 Å². The number of rotatable bonds is 10. The lowest BCUT2D eigenvalue weighted by Gasteiger charge is -2.20. The van der Waals surface area contributed by atoms with Gasteiger partial charge in [-0.3, -0.25) is 0 Å². The Bertz CT molecular complexity index is 271. The highest BCUT2D eigenvalue weighted by Crippen LogP contribution is 2.07. The van der Waals surface area contributed by atoms with Crippen LogP contribution in [-0.2, 0) is 9.53 Å². The van der Waals surface area contributed by atoms with Crippen LogP contribution in [0.4, 0.5) is 4.79 Å². The molecular formula is C13H26N2O4. The van der Waals surface area contributed by atoms with Gasteiger partial charge in [-0.2, -0.15) is 0 Å². The minimum absolute atomic E-state index is 0.101. The van der Waals surface area contributed by atoms with Gasteiger partial charge in [0.15, 0.2) is 0 Å². The molecule has 0 aliphatic heterocycles. The Balaban J connectivity index is 3.85. The molecule has 112 valence electrons. The third-order valence-corrected chi connectivity index (χ3v) is 2.87. The second-order valence-corrected chi connectivity index (χ2v) is 4.57. The predicted molar refractivity (Wildman–Crippen MR) is 73.1 cm³/mol. The first kappa shape index (κ1) is 17.7. The summed E-state index contributed by atoms with van der Waals surface area (Å²) in [7, 11) is 0. The fourth-order valence-corrected chi connectivity index (χ4v) is 1.50. The molecule has 0 spiro atoms. The van der Waals surface area contributed by atoms with Crippen molar-refractivity contribution in [1.82, 2.24) is 10.6 Å². The zero-order valence-electron chi connectivity index (χ0n) is 12.1. The summed E-state index contributed by atoms with van der Waals surface area (Å²) in [5.74, 6) is -1.10. The molecule has 0 bridgehead atoms. The summed E-state index contributed by atoms with van der Waals surface area (Å²) in [5, 5.41) is 14.1. The number of nitrogens with one attached hydrogen (secondary N) is 2. The van der Waals surface area contributed by atoms with Crippen molar-refractivity contribution in [2.75, 3.05) is 19.8 Å². The summed E-state index contributed by atoms with van der Waals surface area (Å²) < 4.78 is 5.27. The van der Waals surface area contributed by atoms with Gasteiger partial charge >= 0.3 is 12.0 Å². The largest absolute Gasteiger partial charge is 0.480 e. The molecule has 3 N–H and O–H groups in total. The number of aliphatic carboxylic acids is 1. The number of hydrogen-bond acceptors (Lipinski definition) is 3. The van der Waals surface area contributed by atoms with Crippen molar-refractivity contribution in [1.29, 1.82) is 0 Å². The van der Waals surface area contributed by atoms with Gasteiger partial charge in [-0.15, -0.1) is 0 Å². The first-order valence-corrected chi connectivity index (χ1v) is 6.87. The molecule has 0 aliphatic rings. The van der Waals surface area contributed by atoms with Gasteiger partial charge in [-0.05, 0) is 18.8 Å². The highest BCUT2D eigenvalue weighted by atomic mass is 16.5. The molecule has 0 fully saturated rings. The Morgan fingerprint density at radius 3 is 2.47 bits per heavy atom. The van der Waals surface area contributed by atoms with Crippen LogP contribution in [-0.4, -0.2) is 42.9 Å². The molecule has 0 radical (unpaired) electrons. The molecule has 0 rings (SSSR count). The van der Waals surface area contributed by atoms with Crippen LogP contribution in [0.1, 0.15) is 40.0 Å². The van der Waals surface area contributed by atoms with E-state index in [1.807, 2.05) is 13.8 Å². The number of hydrogen-bond donors (Lipinski definition) is 3. The summed E-state index contributed by atoms with van der Waals surface area (Å²) >= 11 is 0. The van der Waals surface area contributed by atoms with Crippen molar-refractivity contribution >= 4 is 12.0 Å². The van der Waals surface area contributed by atoms with Crippen molar-refractivity contribution in [3.63, 3.8) is 0 Å². The van der Waals surface area contributed by atoms with Gasteiger partial charge in [0.1, 0.15) is 6.04 Å². The van der Waals surface area contributed by atoms with Crippen LogP contribution in [0.2, 0.25) is 0 Å². The minimum atomic E-state index is -1.00. The zero-order chi connectivity index (χ0) is 14.7. The molecule has 0 aromatic carbocycles. The summed E-state index contributed by atoms with van der Waals surface area (Å²) in [6, 6.07) is -1.29. The minimum Gasteiger partial charge on any atom is -0.480 e. The molecule has 2 atom stereocenters. The Labute approximate surface area is 114 Å². The molecular weight excluding hydrogens is 248 g/mol. The third-order valence-electron chi connectivity index (χ3n) is 2.87. The number of carboxylic acids is 1. The van der Waals surface area contributed by atoms with E-state index in [2.05, 4.69) is 10.6 Å². The maximum absolute atomic E-state index is 11.5. The van der Waals surface area contributed by atoms with Gasteiger partial charge in [0.2, 0.25) is 0 Å². The van der Waals surface area contributed by atoms with Gasteiger partial charge in [-0.25, -0.2) is 9.59 Å². The van der Waals surface area contributed by atoms with Crippen molar-refractivity contribution < 1.29 is 19.4 Å². The maximum Gasteiger partial charge on any atom is 0.326 e. The quantitative estimate of drug-likeness (QED) is 0.528. The van der Waals surface area contributed by atoms with Crippen LogP contribution >= 0.6 is 0 Å². The van der Waals surface area contributed by atoms with Crippen LogP contribution in [0.25, 0.3) is 0 Å².